The zero-order chi connectivity index (χ0) is 22.9. The lowest BCUT2D eigenvalue weighted by Crippen LogP contribution is -2.11. The molecule has 0 N–H and O–H groups in total. The number of nitro groups is 1. The third-order valence-corrected chi connectivity index (χ3v) is 9.21. The fourth-order valence-corrected chi connectivity index (χ4v) is 6.91. The highest BCUT2D eigenvalue weighted by Gasteiger charge is 2.51. The minimum Gasteiger partial charge on any atom is -0.450 e. The molecule has 2 aliphatic heterocycles. The van der Waals surface area contributed by atoms with Crippen LogP contribution in [-0.2, 0) is 22.6 Å². The van der Waals surface area contributed by atoms with Crippen molar-refractivity contribution < 1.29 is 23.1 Å². The topological polar surface area (TPSA) is 89.6 Å². The Hall–Kier alpha value is -2.78. The molecule has 0 saturated carbocycles. The Labute approximate surface area is 189 Å². The fourth-order valence-electron chi connectivity index (χ4n) is 4.54. The number of benzene rings is 2. The van der Waals surface area contributed by atoms with Gasteiger partial charge in [0.05, 0.1) is 16.5 Å². The van der Waals surface area contributed by atoms with Crippen molar-refractivity contribution in [3.8, 4) is 11.5 Å². The van der Waals surface area contributed by atoms with E-state index in [1.54, 1.807) is 36.0 Å². The summed E-state index contributed by atoms with van der Waals surface area (Å²) in [5, 5.41) is 12.2. The normalized spacial score (nSPS) is 20.2. The lowest BCUT2D eigenvalue weighted by molar-refractivity contribution is -0.385. The lowest BCUT2D eigenvalue weighted by Gasteiger charge is -2.24. The average molecular weight is 472 g/mol. The van der Waals surface area contributed by atoms with Crippen molar-refractivity contribution in [3.05, 3.63) is 63.6 Å². The molecule has 3 aromatic rings. The Balaban J connectivity index is 1.38. The van der Waals surface area contributed by atoms with Crippen molar-refractivity contribution in [2.45, 2.75) is 18.9 Å². The maximum Gasteiger partial charge on any atom is 0.346 e. The van der Waals surface area contributed by atoms with Gasteiger partial charge in [-0.2, -0.15) is 0 Å². The Morgan fingerprint density at radius 3 is 2.55 bits per heavy atom. The van der Waals surface area contributed by atoms with E-state index in [1.165, 1.54) is 12.1 Å². The maximum absolute atomic E-state index is 14.6. The molecule has 0 radical (unpaired) electrons. The molecular formula is C22H22FN4O5P. The van der Waals surface area contributed by atoms with E-state index < -0.39 is 24.5 Å². The van der Waals surface area contributed by atoms with Crippen molar-refractivity contribution in [2.75, 3.05) is 26.2 Å². The molecule has 2 aromatic carbocycles. The van der Waals surface area contributed by atoms with E-state index in [2.05, 4.69) is 0 Å². The molecule has 1 aliphatic carbocycles. The number of halogens is 1. The Morgan fingerprint density at radius 2 is 1.88 bits per heavy atom. The quantitative estimate of drug-likeness (QED) is 0.212. The van der Waals surface area contributed by atoms with Crippen LogP contribution in [0.5, 0.6) is 11.5 Å². The fraction of sp³-hybridized carbons (Fsp3) is 0.364. The number of hydrogen-bond donors (Lipinski definition) is 0. The first-order valence-corrected chi connectivity index (χ1v) is 12.4. The summed E-state index contributed by atoms with van der Waals surface area (Å²) >= 11 is 0. The monoisotopic (exact) mass is 472 g/mol. The van der Waals surface area contributed by atoms with Gasteiger partial charge in [0.25, 0.3) is 0 Å². The number of hydrogen-bond acceptors (Lipinski definition) is 5. The summed E-state index contributed by atoms with van der Waals surface area (Å²) in [6.07, 6.45) is 2.32. The van der Waals surface area contributed by atoms with Gasteiger partial charge in [0.15, 0.2) is 0 Å². The third kappa shape index (κ3) is 3.45. The highest BCUT2D eigenvalue weighted by atomic mass is 31.2. The molecule has 172 valence electrons. The van der Waals surface area contributed by atoms with Crippen molar-refractivity contribution in [3.63, 3.8) is 0 Å². The summed E-state index contributed by atoms with van der Waals surface area (Å²) in [5.41, 5.74) is 1.81. The Morgan fingerprint density at radius 1 is 1.15 bits per heavy atom. The smallest absolute Gasteiger partial charge is 0.346 e. The number of nitrogens with zero attached hydrogens (tertiary/aromatic N) is 4. The van der Waals surface area contributed by atoms with E-state index >= 15 is 0 Å². The zero-order valence-corrected chi connectivity index (χ0v) is 18.8. The second kappa shape index (κ2) is 7.36. The molecule has 2 saturated heterocycles. The van der Waals surface area contributed by atoms with Crippen LogP contribution in [0.25, 0.3) is 10.9 Å². The van der Waals surface area contributed by atoms with Gasteiger partial charge < -0.3 is 9.30 Å². The van der Waals surface area contributed by atoms with E-state index in [0.717, 1.165) is 31.7 Å². The predicted molar refractivity (Wildman–Crippen MR) is 119 cm³/mol. The van der Waals surface area contributed by atoms with E-state index in [0.29, 0.717) is 29.3 Å². The van der Waals surface area contributed by atoms with Crippen molar-refractivity contribution in [1.29, 1.82) is 0 Å². The summed E-state index contributed by atoms with van der Waals surface area (Å²) < 4.78 is 45.7. The van der Waals surface area contributed by atoms with Crippen LogP contribution >= 0.6 is 7.67 Å². The number of aromatic nitrogens is 1. The second-order valence-electron chi connectivity index (χ2n) is 8.64. The van der Waals surface area contributed by atoms with Crippen LogP contribution in [0.15, 0.2) is 36.5 Å². The van der Waals surface area contributed by atoms with Gasteiger partial charge in [-0.25, -0.2) is 13.7 Å². The molecule has 1 aromatic heterocycles. The van der Waals surface area contributed by atoms with Crippen LogP contribution in [0.1, 0.15) is 23.7 Å². The lowest BCUT2D eigenvalue weighted by atomic mass is 10.1. The summed E-state index contributed by atoms with van der Waals surface area (Å²) in [5.74, 6) is -0.191. The highest BCUT2D eigenvalue weighted by Crippen LogP contribution is 2.64. The van der Waals surface area contributed by atoms with Gasteiger partial charge in [-0.3, -0.25) is 19.2 Å². The summed E-state index contributed by atoms with van der Waals surface area (Å²) in [6.45, 7) is 2.98. The number of rotatable bonds is 7. The Kier molecular flexibility index (Phi) is 4.64. The van der Waals surface area contributed by atoms with Gasteiger partial charge in [0.1, 0.15) is 11.6 Å². The van der Waals surface area contributed by atoms with Gasteiger partial charge in [0, 0.05) is 68.6 Å². The van der Waals surface area contributed by atoms with Gasteiger partial charge in [-0.15, -0.1) is 0 Å². The molecule has 33 heavy (non-hydrogen) atoms. The summed E-state index contributed by atoms with van der Waals surface area (Å²) in [4.78, 5) is 11.3. The molecule has 9 nitrogen and oxygen atoms in total. The molecule has 3 heterocycles. The van der Waals surface area contributed by atoms with E-state index in [9.17, 15) is 19.1 Å². The van der Waals surface area contributed by atoms with Gasteiger partial charge in [-0.1, -0.05) is 0 Å². The van der Waals surface area contributed by atoms with E-state index in [1.807, 2.05) is 9.34 Å². The maximum atomic E-state index is 14.6. The van der Waals surface area contributed by atoms with Gasteiger partial charge in [-0.05, 0) is 30.5 Å². The van der Waals surface area contributed by atoms with E-state index in [-0.39, 0.29) is 17.2 Å². The van der Waals surface area contributed by atoms with Gasteiger partial charge in [0.2, 0.25) is 5.75 Å². The molecule has 2 fully saturated rings. The molecular weight excluding hydrogens is 450 g/mol. The van der Waals surface area contributed by atoms with Crippen molar-refractivity contribution in [1.82, 2.24) is 13.9 Å². The van der Waals surface area contributed by atoms with E-state index in [4.69, 9.17) is 9.26 Å². The molecule has 3 aliphatic rings. The SMILES string of the molecule is Cn1ccc2c(F)cc(Oc3c([N+](=O)[O-])ccc4c3CCC4OP(=O)(N3CC3)N3CC3)cc21. The standard InChI is InChI=1S/C22H22FN4O5P/c1-24-7-6-17-18(23)12-14(13-20(17)24)31-22-16-3-5-21(15(16)2-4-19(22)27(28)29)32-33(30,25-8-9-25)26-10-11-26/h2,4,6-7,12-13,21H,3,5,8-11H2,1H3. The van der Waals surface area contributed by atoms with Crippen LogP contribution in [0.2, 0.25) is 0 Å². The minimum atomic E-state index is -3.05. The molecule has 0 amide bonds. The molecule has 0 bridgehead atoms. The molecule has 1 atom stereocenters. The van der Waals surface area contributed by atoms with Crippen LogP contribution < -0.4 is 4.74 Å². The molecule has 11 heteroatoms. The first kappa shape index (κ1) is 20.8. The summed E-state index contributed by atoms with van der Waals surface area (Å²) in [7, 11) is -1.26. The van der Waals surface area contributed by atoms with Gasteiger partial charge >= 0.3 is 13.4 Å². The number of ether oxygens (including phenoxy) is 1. The number of nitro benzene ring substituents is 1. The summed E-state index contributed by atoms with van der Waals surface area (Å²) in [6, 6.07) is 7.62. The third-order valence-electron chi connectivity index (χ3n) is 6.45. The molecule has 6 rings (SSSR count). The Bertz CT molecular complexity index is 1330. The average Bonchev–Trinajstić information content (AvgIpc) is 3.70. The largest absolute Gasteiger partial charge is 0.450 e. The minimum absolute atomic E-state index is 0.0878. The second-order valence-corrected chi connectivity index (χ2v) is 11.0. The molecule has 0 spiro atoms. The predicted octanol–water partition coefficient (Wildman–Crippen LogP) is 4.76. The highest BCUT2D eigenvalue weighted by molar-refractivity contribution is 7.54. The van der Waals surface area contributed by atoms with Crippen molar-refractivity contribution in [2.24, 2.45) is 7.05 Å². The molecule has 1 unspecified atom stereocenters. The van der Waals surface area contributed by atoms with Crippen LogP contribution in [0, 0.1) is 15.9 Å². The van der Waals surface area contributed by atoms with Crippen molar-refractivity contribution >= 4 is 24.3 Å². The van der Waals surface area contributed by atoms with Crippen LogP contribution in [0.3, 0.4) is 0 Å². The zero-order valence-electron chi connectivity index (χ0n) is 17.9. The first-order valence-electron chi connectivity index (χ1n) is 10.9. The number of fused-ring (bicyclic) bond motifs is 2. The number of aryl methyl sites for hydroxylation is 1. The van der Waals surface area contributed by atoms with Crippen LogP contribution in [0.4, 0.5) is 10.1 Å². The van der Waals surface area contributed by atoms with Crippen LogP contribution in [-0.4, -0.2) is 45.0 Å². The first-order chi connectivity index (χ1) is 15.8.